The van der Waals surface area contributed by atoms with E-state index in [2.05, 4.69) is 36.9 Å². The molecule has 8 amide bonds. The van der Waals surface area contributed by atoms with Crippen LogP contribution >= 0.6 is 0 Å². The Balaban J connectivity index is 2.01. The van der Waals surface area contributed by atoms with E-state index in [0.717, 1.165) is 0 Å². The molecule has 0 radical (unpaired) electrons. The number of nitro groups is 1. The van der Waals surface area contributed by atoms with Crippen molar-refractivity contribution in [3.05, 3.63) is 75.8 Å². The van der Waals surface area contributed by atoms with Crippen LogP contribution in [-0.2, 0) is 56.0 Å². The van der Waals surface area contributed by atoms with Crippen LogP contribution in [-0.4, -0.2) is 142 Å². The van der Waals surface area contributed by atoms with Crippen LogP contribution in [0.2, 0.25) is 0 Å². The molecule has 1 heterocycles. The third kappa shape index (κ3) is 21.7. The number of hydrogen-bond donors (Lipinski definition) is 12. The zero-order valence-electron chi connectivity index (χ0n) is 44.9. The van der Waals surface area contributed by atoms with Crippen molar-refractivity contribution in [2.75, 3.05) is 19.6 Å². The van der Waals surface area contributed by atoms with Crippen LogP contribution in [0.1, 0.15) is 109 Å². The van der Waals surface area contributed by atoms with Gasteiger partial charge in [-0.2, -0.15) is 0 Å². The fraction of sp³-hybridized carbons (Fsp3) is 0.577. The molecule has 1 fully saturated rings. The number of nitrogens with one attached hydrogen (secondary N) is 6. The number of amides is 8. The lowest BCUT2D eigenvalue weighted by Crippen LogP contribution is -2.61. The van der Waals surface area contributed by atoms with Gasteiger partial charge in [0.25, 0.3) is 5.69 Å². The number of carboxylic acids is 1. The van der Waals surface area contributed by atoms with E-state index in [1.165, 1.54) is 29.2 Å². The fourth-order valence-electron chi connectivity index (χ4n) is 8.73. The lowest BCUT2D eigenvalue weighted by Gasteiger charge is -2.31. The maximum atomic E-state index is 14.7. The second-order valence-electron chi connectivity index (χ2n) is 20.0. The number of non-ortho nitro benzene ring substituents is 1. The molecule has 430 valence electrons. The number of hydrogen-bond acceptors (Lipinski definition) is 14. The largest absolute Gasteiger partial charge is 0.480 e. The molecule has 2 aromatic rings. The Morgan fingerprint density at radius 2 is 1.26 bits per heavy atom. The number of nitrogens with zero attached hydrogens (tertiary/aromatic N) is 3. The number of rotatable bonds is 34. The van der Waals surface area contributed by atoms with E-state index in [1.807, 2.05) is 0 Å². The highest BCUT2D eigenvalue weighted by atomic mass is 16.6. The van der Waals surface area contributed by atoms with E-state index in [4.69, 9.17) is 28.7 Å². The van der Waals surface area contributed by atoms with Crippen molar-refractivity contribution in [2.45, 2.75) is 160 Å². The van der Waals surface area contributed by atoms with Gasteiger partial charge >= 0.3 is 5.97 Å². The number of carboxylic acid groups (broad SMARTS) is 1. The van der Waals surface area contributed by atoms with Crippen molar-refractivity contribution in [3.8, 4) is 0 Å². The van der Waals surface area contributed by atoms with E-state index in [9.17, 15) is 58.4 Å². The zero-order chi connectivity index (χ0) is 58.1. The van der Waals surface area contributed by atoms with Crippen molar-refractivity contribution in [1.29, 1.82) is 0 Å². The van der Waals surface area contributed by atoms with E-state index < -0.39 is 119 Å². The molecule has 17 N–H and O–H groups in total. The van der Waals surface area contributed by atoms with Gasteiger partial charge in [0.2, 0.25) is 47.3 Å². The van der Waals surface area contributed by atoms with Crippen LogP contribution in [0, 0.1) is 22.0 Å². The Labute approximate surface area is 454 Å². The first-order valence-electron chi connectivity index (χ1n) is 26.4. The van der Waals surface area contributed by atoms with Gasteiger partial charge in [0.05, 0.1) is 11.0 Å². The van der Waals surface area contributed by atoms with Crippen molar-refractivity contribution in [3.63, 3.8) is 0 Å². The van der Waals surface area contributed by atoms with Crippen molar-refractivity contribution in [1.82, 2.24) is 36.8 Å². The molecule has 78 heavy (non-hydrogen) atoms. The fourth-order valence-corrected chi connectivity index (χ4v) is 8.73. The number of aliphatic imine (C=N–C) groups is 1. The molecule has 0 unspecified atom stereocenters. The Morgan fingerprint density at radius 3 is 1.78 bits per heavy atom. The summed E-state index contributed by atoms with van der Waals surface area (Å²) in [7, 11) is 0. The first kappa shape index (κ1) is 64.5. The maximum absolute atomic E-state index is 14.7. The lowest BCUT2D eigenvalue weighted by molar-refractivity contribution is -0.384. The minimum absolute atomic E-state index is 0.0292. The molecule has 26 heteroatoms. The summed E-state index contributed by atoms with van der Waals surface area (Å²) in [5.74, 6) is -8.53. The highest BCUT2D eigenvalue weighted by Gasteiger charge is 2.40. The smallest absolute Gasteiger partial charge is 0.326 e. The number of guanidine groups is 1. The molecule has 0 aliphatic carbocycles. The highest BCUT2D eigenvalue weighted by Crippen LogP contribution is 2.21. The summed E-state index contributed by atoms with van der Waals surface area (Å²) < 4.78 is 0. The standard InChI is InChI=1S/C52H80N14O12/c1-5-31(4)43(64-48(72)41-17-12-26-65(41)50(74)35(54)15-9-10-24-53)49(73)60-37(22-23-42(55)67)45(69)61-38(28-32-13-7-6-8-14-32)47(71)62-39(29-33-18-20-34(21-19-33)66(77)78)46(70)59-36(16-11-25-58-52(56)57)44(68)63-40(51(75)76)27-30(2)3/h6-8,13-14,18-21,30-31,35-41,43H,5,9-12,15-17,22-29,53-54H2,1-4H3,(H2,55,67)(H,59,70)(H,60,73)(H,61,69)(H,62,71)(H,63,68)(H,64,72)(H,75,76)(H4,56,57,58)/t31-,35-,36-,37-,38-,39-,40-,41-,43-/m0/s1. The Morgan fingerprint density at radius 1 is 0.718 bits per heavy atom. The number of aliphatic carboxylic acids is 1. The van der Waals surface area contributed by atoms with Gasteiger partial charge in [0.1, 0.15) is 42.3 Å². The number of benzene rings is 2. The number of unbranched alkanes of at least 4 members (excludes halogenated alkanes) is 1. The Hall–Kier alpha value is -7.74. The normalized spacial score (nSPS) is 16.1. The molecule has 9 atom stereocenters. The third-order valence-corrected chi connectivity index (χ3v) is 13.3. The highest BCUT2D eigenvalue weighted by molar-refractivity contribution is 5.98. The number of carbonyl (C=O) groups excluding carboxylic acids is 8. The first-order valence-corrected chi connectivity index (χ1v) is 26.4. The van der Waals surface area contributed by atoms with E-state index in [1.54, 1.807) is 58.0 Å². The number of carbonyl (C=O) groups is 9. The van der Waals surface area contributed by atoms with Gasteiger partial charge in [-0.1, -0.05) is 83.0 Å². The van der Waals surface area contributed by atoms with Crippen LogP contribution < -0.4 is 60.6 Å². The van der Waals surface area contributed by atoms with Gasteiger partial charge in [-0.25, -0.2) is 4.79 Å². The van der Waals surface area contributed by atoms with E-state index in [0.29, 0.717) is 56.2 Å². The minimum atomic E-state index is -1.56. The zero-order valence-corrected chi connectivity index (χ0v) is 44.9. The molecule has 0 spiro atoms. The molecule has 1 aliphatic heterocycles. The number of nitro benzene ring substituents is 1. The molecule has 0 bridgehead atoms. The van der Waals surface area contributed by atoms with Crippen molar-refractivity contribution >= 4 is 64.9 Å². The second-order valence-corrected chi connectivity index (χ2v) is 20.0. The molecule has 3 rings (SSSR count). The van der Waals surface area contributed by atoms with E-state index >= 15 is 0 Å². The second kappa shape index (κ2) is 32.8. The molecule has 1 saturated heterocycles. The van der Waals surface area contributed by atoms with Crippen LogP contribution in [0.3, 0.4) is 0 Å². The van der Waals surface area contributed by atoms with Gasteiger partial charge in [-0.15, -0.1) is 0 Å². The molecular weight excluding hydrogens is 1010 g/mol. The Kier molecular flexibility index (Phi) is 27.1. The predicted molar refractivity (Wildman–Crippen MR) is 289 cm³/mol. The molecule has 0 aromatic heterocycles. The van der Waals surface area contributed by atoms with Crippen molar-refractivity contribution in [2.24, 2.45) is 45.5 Å². The quantitative estimate of drug-likeness (QED) is 0.0135. The third-order valence-electron chi connectivity index (χ3n) is 13.3. The van der Waals surface area contributed by atoms with Gasteiger partial charge < -0.3 is 70.6 Å². The molecule has 0 saturated carbocycles. The van der Waals surface area contributed by atoms with Gasteiger partial charge in [-0.05, 0) is 80.9 Å². The molecule has 1 aliphatic rings. The molecular formula is C52H80N14O12. The number of primary amides is 1. The lowest BCUT2D eigenvalue weighted by atomic mass is 9.96. The average molecular weight is 1090 g/mol. The summed E-state index contributed by atoms with van der Waals surface area (Å²) >= 11 is 0. The van der Waals surface area contributed by atoms with Crippen molar-refractivity contribution < 1.29 is 53.2 Å². The van der Waals surface area contributed by atoms with Gasteiger partial charge in [-0.3, -0.25) is 53.5 Å². The SMILES string of the molecule is CC[C@H](C)[C@H](NC(=O)[C@@H]1CCCN1C(=O)[C@@H](N)CCCCN)C(=O)N[C@@H](CCC(N)=O)C(=O)N[C@@H](Cc1ccccc1)C(=O)N[C@@H](Cc1ccc([N+](=O)[O-])cc1)C(=O)N[C@@H](CCCN=C(N)N)C(=O)N[C@@H](CC(C)C)C(=O)O. The summed E-state index contributed by atoms with van der Waals surface area (Å²) in [4.78, 5) is 140. The Bertz CT molecular complexity index is 2390. The summed E-state index contributed by atoms with van der Waals surface area (Å²) in [5.41, 5.74) is 28.9. The minimum Gasteiger partial charge on any atom is -0.480 e. The number of likely N-dealkylation sites (tertiary alicyclic amines) is 1. The predicted octanol–water partition coefficient (Wildman–Crippen LogP) is -0.768. The van der Waals surface area contributed by atoms with E-state index in [-0.39, 0.29) is 69.2 Å². The maximum Gasteiger partial charge on any atom is 0.326 e. The van der Waals surface area contributed by atoms with Gasteiger partial charge in [0, 0.05) is 44.5 Å². The summed E-state index contributed by atoms with van der Waals surface area (Å²) in [5, 5.41) is 37.3. The topological polar surface area (TPSA) is 435 Å². The summed E-state index contributed by atoms with van der Waals surface area (Å²) in [6.07, 6.45) is 1.72. The summed E-state index contributed by atoms with van der Waals surface area (Å²) in [6, 6.07) is 3.19. The van der Waals surface area contributed by atoms with Crippen LogP contribution in [0.25, 0.3) is 0 Å². The number of nitrogens with two attached hydrogens (primary N) is 5. The van der Waals surface area contributed by atoms with Gasteiger partial charge in [0.15, 0.2) is 5.96 Å². The molecule has 2 aromatic carbocycles. The van der Waals surface area contributed by atoms with Crippen LogP contribution in [0.5, 0.6) is 0 Å². The summed E-state index contributed by atoms with van der Waals surface area (Å²) in [6.45, 7) is 7.77. The van der Waals surface area contributed by atoms with Crippen LogP contribution in [0.15, 0.2) is 59.6 Å². The monoisotopic (exact) mass is 1090 g/mol. The first-order chi connectivity index (χ1) is 36.9. The van der Waals surface area contributed by atoms with Crippen LogP contribution in [0.4, 0.5) is 5.69 Å². The average Bonchev–Trinajstić information content (AvgIpc) is 3.89. The molecule has 26 nitrogen and oxygen atoms in total.